The Morgan fingerprint density at radius 2 is 2.11 bits per heavy atom. The van der Waals surface area contributed by atoms with Crippen LogP contribution in [0.25, 0.3) is 27.6 Å². The minimum Gasteiger partial charge on any atom is -0.335 e. The van der Waals surface area contributed by atoms with Gasteiger partial charge in [-0.2, -0.15) is 10.4 Å². The average molecular weight is 374 g/mol. The van der Waals surface area contributed by atoms with Gasteiger partial charge >= 0.3 is 0 Å². The van der Waals surface area contributed by atoms with E-state index in [-0.39, 0.29) is 17.6 Å². The molecule has 3 aromatic heterocycles. The molecule has 138 valence electrons. The first-order valence-electron chi connectivity index (χ1n) is 8.87. The number of rotatable bonds is 2. The Morgan fingerprint density at radius 1 is 1.29 bits per heavy atom. The highest BCUT2D eigenvalue weighted by Gasteiger charge is 2.32. The van der Waals surface area contributed by atoms with Crippen LogP contribution in [0.15, 0.2) is 36.5 Å². The number of nitriles is 1. The van der Waals surface area contributed by atoms with Gasteiger partial charge in [-0.15, -0.1) is 0 Å². The zero-order valence-corrected chi connectivity index (χ0v) is 15.0. The maximum absolute atomic E-state index is 13.8. The Bertz CT molecular complexity index is 1290. The van der Waals surface area contributed by atoms with E-state index in [1.54, 1.807) is 23.2 Å². The Kier molecular flexibility index (Phi) is 3.46. The molecule has 1 aliphatic heterocycles. The van der Waals surface area contributed by atoms with Crippen LogP contribution in [-0.4, -0.2) is 43.6 Å². The molecule has 28 heavy (non-hydrogen) atoms. The van der Waals surface area contributed by atoms with Gasteiger partial charge in [0.1, 0.15) is 11.5 Å². The van der Waals surface area contributed by atoms with Crippen molar-refractivity contribution in [3.05, 3.63) is 53.7 Å². The SMILES string of the molecule is Cc1nc(C(=O)N2CC(C#N)C2)ccc1-n1c2ccc(F)cc2c2[nH]ncc21. The summed E-state index contributed by atoms with van der Waals surface area (Å²) in [5, 5.41) is 16.6. The van der Waals surface area contributed by atoms with Crippen LogP contribution >= 0.6 is 0 Å². The highest BCUT2D eigenvalue weighted by molar-refractivity contribution is 6.07. The van der Waals surface area contributed by atoms with E-state index >= 15 is 0 Å². The summed E-state index contributed by atoms with van der Waals surface area (Å²) in [7, 11) is 0. The smallest absolute Gasteiger partial charge is 0.272 e. The number of nitrogens with one attached hydrogen (secondary N) is 1. The van der Waals surface area contributed by atoms with Gasteiger partial charge in [-0.3, -0.25) is 9.89 Å². The summed E-state index contributed by atoms with van der Waals surface area (Å²) < 4.78 is 15.7. The number of likely N-dealkylation sites (tertiary alicyclic amines) is 1. The molecule has 0 aliphatic carbocycles. The van der Waals surface area contributed by atoms with Crippen LogP contribution in [0.4, 0.5) is 4.39 Å². The highest BCUT2D eigenvalue weighted by Crippen LogP contribution is 2.32. The molecule has 8 heteroatoms. The first kappa shape index (κ1) is 16.4. The number of hydrogen-bond donors (Lipinski definition) is 1. The second kappa shape index (κ2) is 5.89. The Labute approximate surface area is 159 Å². The maximum atomic E-state index is 13.8. The van der Waals surface area contributed by atoms with Crippen molar-refractivity contribution >= 4 is 27.8 Å². The van der Waals surface area contributed by atoms with Gasteiger partial charge < -0.3 is 9.47 Å². The van der Waals surface area contributed by atoms with Crippen molar-refractivity contribution in [3.8, 4) is 11.8 Å². The van der Waals surface area contributed by atoms with E-state index in [2.05, 4.69) is 21.3 Å². The fourth-order valence-electron chi connectivity index (χ4n) is 3.74. The van der Waals surface area contributed by atoms with Gasteiger partial charge in [0, 0.05) is 18.5 Å². The summed E-state index contributed by atoms with van der Waals surface area (Å²) in [4.78, 5) is 18.7. The van der Waals surface area contributed by atoms with Crippen LogP contribution in [0, 0.1) is 30.0 Å². The summed E-state index contributed by atoms with van der Waals surface area (Å²) in [5.74, 6) is -0.582. The number of carbonyl (C=O) groups is 1. The molecular formula is C20H15FN6O. The number of fused-ring (bicyclic) bond motifs is 3. The topological polar surface area (TPSA) is 90.6 Å². The number of halogens is 1. The van der Waals surface area contributed by atoms with Crippen LogP contribution in [0.2, 0.25) is 0 Å². The molecule has 0 radical (unpaired) electrons. The van der Waals surface area contributed by atoms with Crippen molar-refractivity contribution in [2.45, 2.75) is 6.92 Å². The third-order valence-electron chi connectivity index (χ3n) is 5.20. The van der Waals surface area contributed by atoms with Crippen molar-refractivity contribution in [1.29, 1.82) is 5.26 Å². The van der Waals surface area contributed by atoms with Gasteiger partial charge in [0.15, 0.2) is 0 Å². The third-order valence-corrected chi connectivity index (χ3v) is 5.20. The normalized spacial score (nSPS) is 14.4. The molecule has 1 amide bonds. The number of H-pyrrole nitrogens is 1. The Hall–Kier alpha value is -3.73. The number of carbonyl (C=O) groups excluding carboxylic acids is 1. The van der Waals surface area contributed by atoms with Gasteiger partial charge in [-0.1, -0.05) is 0 Å². The molecule has 4 aromatic rings. The van der Waals surface area contributed by atoms with E-state index in [0.717, 1.165) is 27.6 Å². The van der Waals surface area contributed by atoms with Gasteiger partial charge in [0.05, 0.1) is 46.1 Å². The largest absolute Gasteiger partial charge is 0.335 e. The minimum atomic E-state index is -0.317. The lowest BCUT2D eigenvalue weighted by Gasteiger charge is -2.35. The standard InChI is InChI=1S/C20H15FN6O/c1-11-16(5-3-15(24-11)20(28)26-9-12(7-22)10-26)27-17-4-2-13(21)6-14(17)19-18(27)8-23-25-19/h2-6,8,12H,9-10H2,1H3,(H,23,25). The second-order valence-corrected chi connectivity index (χ2v) is 6.96. The number of benzene rings is 1. The lowest BCUT2D eigenvalue weighted by Crippen LogP contribution is -2.49. The first-order valence-corrected chi connectivity index (χ1v) is 8.87. The lowest BCUT2D eigenvalue weighted by atomic mass is 10.0. The summed E-state index contributed by atoms with van der Waals surface area (Å²) in [6, 6.07) is 10.3. The van der Waals surface area contributed by atoms with Crippen molar-refractivity contribution in [2.24, 2.45) is 5.92 Å². The first-order chi connectivity index (χ1) is 13.6. The van der Waals surface area contributed by atoms with Crippen molar-refractivity contribution in [3.63, 3.8) is 0 Å². The molecule has 1 aromatic carbocycles. The number of aryl methyl sites for hydroxylation is 1. The Balaban J connectivity index is 1.60. The molecule has 5 rings (SSSR count). The molecule has 4 heterocycles. The quantitative estimate of drug-likeness (QED) is 0.584. The van der Waals surface area contributed by atoms with Crippen LogP contribution in [0.1, 0.15) is 16.2 Å². The fourth-order valence-corrected chi connectivity index (χ4v) is 3.74. The van der Waals surface area contributed by atoms with Crippen LogP contribution in [0.3, 0.4) is 0 Å². The summed E-state index contributed by atoms with van der Waals surface area (Å²) in [6.07, 6.45) is 1.69. The minimum absolute atomic E-state index is 0.0923. The van der Waals surface area contributed by atoms with Gasteiger partial charge in [0.25, 0.3) is 5.91 Å². The molecule has 0 atom stereocenters. The number of aromatic amines is 1. The zero-order valence-electron chi connectivity index (χ0n) is 15.0. The van der Waals surface area contributed by atoms with E-state index in [4.69, 9.17) is 5.26 Å². The number of pyridine rings is 1. The number of nitrogens with zero attached hydrogens (tertiary/aromatic N) is 5. The second-order valence-electron chi connectivity index (χ2n) is 6.96. The van der Waals surface area contributed by atoms with Gasteiger partial charge in [0.2, 0.25) is 0 Å². The lowest BCUT2D eigenvalue weighted by molar-refractivity contribution is 0.0571. The van der Waals surface area contributed by atoms with E-state index in [9.17, 15) is 9.18 Å². The van der Waals surface area contributed by atoms with Crippen LogP contribution in [0.5, 0.6) is 0 Å². The predicted octanol–water partition coefficient (Wildman–Crippen LogP) is 2.94. The van der Waals surface area contributed by atoms with Gasteiger partial charge in [-0.05, 0) is 37.3 Å². The maximum Gasteiger partial charge on any atom is 0.272 e. The molecule has 1 N–H and O–H groups in total. The number of amides is 1. The monoisotopic (exact) mass is 374 g/mol. The van der Waals surface area contributed by atoms with Crippen molar-refractivity contribution in [1.82, 2.24) is 24.6 Å². The molecule has 0 bridgehead atoms. The molecule has 0 spiro atoms. The molecular weight excluding hydrogens is 359 g/mol. The van der Waals surface area contributed by atoms with E-state index < -0.39 is 0 Å². The van der Waals surface area contributed by atoms with E-state index in [1.165, 1.54) is 12.1 Å². The zero-order chi connectivity index (χ0) is 19.4. The summed E-state index contributed by atoms with van der Waals surface area (Å²) in [5.41, 5.74) is 4.20. The number of aromatic nitrogens is 4. The van der Waals surface area contributed by atoms with E-state index in [1.807, 2.05) is 17.6 Å². The third kappa shape index (κ3) is 2.29. The molecule has 7 nitrogen and oxygen atoms in total. The van der Waals surface area contributed by atoms with E-state index in [0.29, 0.717) is 24.5 Å². The Morgan fingerprint density at radius 3 is 2.86 bits per heavy atom. The highest BCUT2D eigenvalue weighted by atomic mass is 19.1. The number of hydrogen-bond acceptors (Lipinski definition) is 4. The van der Waals surface area contributed by atoms with Crippen molar-refractivity contribution < 1.29 is 9.18 Å². The predicted molar refractivity (Wildman–Crippen MR) is 100 cm³/mol. The molecule has 0 saturated carbocycles. The van der Waals surface area contributed by atoms with Gasteiger partial charge in [-0.25, -0.2) is 9.37 Å². The molecule has 1 fully saturated rings. The average Bonchev–Trinajstić information content (AvgIpc) is 3.22. The molecule has 1 aliphatic rings. The molecule has 0 unspecified atom stereocenters. The summed E-state index contributed by atoms with van der Waals surface area (Å²) in [6.45, 7) is 2.73. The summed E-state index contributed by atoms with van der Waals surface area (Å²) >= 11 is 0. The van der Waals surface area contributed by atoms with Crippen LogP contribution < -0.4 is 0 Å². The van der Waals surface area contributed by atoms with Crippen LogP contribution in [-0.2, 0) is 0 Å². The molecule has 1 saturated heterocycles. The fraction of sp³-hybridized carbons (Fsp3) is 0.200. The van der Waals surface area contributed by atoms with Crippen molar-refractivity contribution in [2.75, 3.05) is 13.1 Å².